The lowest BCUT2D eigenvalue weighted by molar-refractivity contribution is 0.0636. The Balaban J connectivity index is 2.76. The maximum absolute atomic E-state index is 11.5. The Bertz CT molecular complexity index is 460. The molecule has 0 spiro atoms. The molecule has 0 saturated carbocycles. The van der Waals surface area contributed by atoms with E-state index in [0.717, 1.165) is 0 Å². The van der Waals surface area contributed by atoms with E-state index < -0.39 is 24.4 Å². The molecule has 3 N–H and O–H groups in total. The highest BCUT2D eigenvalue weighted by Gasteiger charge is 2.17. The normalized spacial score (nSPS) is 12.9. The number of anilines is 1. The summed E-state index contributed by atoms with van der Waals surface area (Å²) in [6.07, 6.45) is -0.451. The Kier molecular flexibility index (Phi) is 5.11. The van der Waals surface area contributed by atoms with Gasteiger partial charge in [0.25, 0.3) is 0 Å². The predicted octanol–water partition coefficient (Wildman–Crippen LogP) is 2.11. The Morgan fingerprint density at radius 3 is 2.68 bits per heavy atom. The van der Waals surface area contributed by atoms with E-state index in [-0.39, 0.29) is 10.7 Å². The molecular weight excluding hydrogens is 272 g/mol. The fourth-order valence-corrected chi connectivity index (χ4v) is 1.56. The molecule has 106 valence electrons. The third-order valence-corrected chi connectivity index (χ3v) is 2.31. The lowest BCUT2D eigenvalue weighted by atomic mass is 10.2. The zero-order chi connectivity index (χ0) is 14.6. The standard InChI is InChI=1S/C12H17ClN2O4/c1-12(2,3)19-11(18)15-7-4-8(13)10(14-5-7)9(17)6-16/h4-5,9,16-17H,6H2,1-3H3,(H,15,18). The van der Waals surface area contributed by atoms with Crippen LogP contribution in [0.15, 0.2) is 12.3 Å². The van der Waals surface area contributed by atoms with Gasteiger partial charge in [0, 0.05) is 0 Å². The second kappa shape index (κ2) is 6.18. The summed E-state index contributed by atoms with van der Waals surface area (Å²) in [5.41, 5.74) is -0.110. The predicted molar refractivity (Wildman–Crippen MR) is 71.1 cm³/mol. The SMILES string of the molecule is CC(C)(C)OC(=O)Nc1cnc(C(O)CO)c(Cl)c1. The molecule has 1 heterocycles. The first-order valence-electron chi connectivity index (χ1n) is 5.67. The summed E-state index contributed by atoms with van der Waals surface area (Å²) in [6, 6.07) is 1.42. The first-order valence-corrected chi connectivity index (χ1v) is 6.05. The van der Waals surface area contributed by atoms with Crippen molar-refractivity contribution in [1.29, 1.82) is 0 Å². The van der Waals surface area contributed by atoms with Crippen LogP contribution in [0, 0.1) is 0 Å². The monoisotopic (exact) mass is 288 g/mol. The van der Waals surface area contributed by atoms with Crippen LogP contribution in [0.2, 0.25) is 5.02 Å². The van der Waals surface area contributed by atoms with E-state index in [1.54, 1.807) is 20.8 Å². The summed E-state index contributed by atoms with van der Waals surface area (Å²) < 4.78 is 5.07. The van der Waals surface area contributed by atoms with E-state index >= 15 is 0 Å². The number of amides is 1. The van der Waals surface area contributed by atoms with E-state index in [2.05, 4.69) is 10.3 Å². The third kappa shape index (κ3) is 5.02. The van der Waals surface area contributed by atoms with Gasteiger partial charge < -0.3 is 14.9 Å². The van der Waals surface area contributed by atoms with Gasteiger partial charge in [0.15, 0.2) is 0 Å². The fraction of sp³-hybridized carbons (Fsp3) is 0.500. The second-order valence-electron chi connectivity index (χ2n) is 4.92. The first-order chi connectivity index (χ1) is 8.73. The molecule has 1 atom stereocenters. The number of rotatable bonds is 3. The fourth-order valence-electron chi connectivity index (χ4n) is 1.27. The number of ether oxygens (including phenoxy) is 1. The third-order valence-electron chi connectivity index (χ3n) is 2.00. The first kappa shape index (κ1) is 15.7. The van der Waals surface area contributed by atoms with E-state index in [9.17, 15) is 9.90 Å². The maximum atomic E-state index is 11.5. The van der Waals surface area contributed by atoms with Crippen LogP contribution in [0.4, 0.5) is 10.5 Å². The van der Waals surface area contributed by atoms with Gasteiger partial charge in [-0.1, -0.05) is 11.6 Å². The average Bonchev–Trinajstić information content (AvgIpc) is 2.25. The number of pyridine rings is 1. The molecule has 0 aliphatic carbocycles. The topological polar surface area (TPSA) is 91.7 Å². The molecule has 1 amide bonds. The number of hydrogen-bond acceptors (Lipinski definition) is 5. The van der Waals surface area contributed by atoms with Crippen molar-refractivity contribution >= 4 is 23.4 Å². The molecule has 0 bridgehead atoms. The molecule has 1 aromatic rings. The maximum Gasteiger partial charge on any atom is 0.412 e. The van der Waals surface area contributed by atoms with Crippen molar-refractivity contribution in [2.75, 3.05) is 11.9 Å². The Morgan fingerprint density at radius 2 is 2.21 bits per heavy atom. The van der Waals surface area contributed by atoms with Crippen LogP contribution < -0.4 is 5.32 Å². The van der Waals surface area contributed by atoms with Crippen molar-refractivity contribution in [2.45, 2.75) is 32.5 Å². The number of halogens is 1. The Labute approximate surface area is 116 Å². The summed E-state index contributed by atoms with van der Waals surface area (Å²) in [5.74, 6) is 0. The van der Waals surface area contributed by atoms with Gasteiger partial charge >= 0.3 is 6.09 Å². The number of nitrogens with zero attached hydrogens (tertiary/aromatic N) is 1. The minimum Gasteiger partial charge on any atom is -0.444 e. The van der Waals surface area contributed by atoms with Crippen molar-refractivity contribution in [3.05, 3.63) is 23.0 Å². The van der Waals surface area contributed by atoms with Gasteiger partial charge in [0.05, 0.1) is 29.2 Å². The van der Waals surface area contributed by atoms with E-state index in [0.29, 0.717) is 5.69 Å². The number of aliphatic hydroxyl groups is 2. The molecule has 0 radical (unpaired) electrons. The minimum absolute atomic E-state index is 0.148. The molecule has 0 aliphatic rings. The van der Waals surface area contributed by atoms with Crippen LogP contribution in [0.5, 0.6) is 0 Å². The van der Waals surface area contributed by atoms with Gasteiger partial charge in [-0.3, -0.25) is 10.3 Å². The number of carbonyl (C=O) groups excluding carboxylic acids is 1. The molecule has 1 unspecified atom stereocenters. The van der Waals surface area contributed by atoms with Crippen molar-refractivity contribution in [1.82, 2.24) is 4.98 Å². The lowest BCUT2D eigenvalue weighted by Gasteiger charge is -2.19. The molecule has 19 heavy (non-hydrogen) atoms. The van der Waals surface area contributed by atoms with Crippen molar-refractivity contribution < 1.29 is 19.7 Å². The smallest absolute Gasteiger partial charge is 0.412 e. The molecule has 0 fully saturated rings. The van der Waals surface area contributed by atoms with E-state index in [1.165, 1.54) is 12.3 Å². The number of carbonyl (C=O) groups is 1. The highest BCUT2D eigenvalue weighted by atomic mass is 35.5. The molecule has 0 aliphatic heterocycles. The van der Waals surface area contributed by atoms with E-state index in [4.69, 9.17) is 21.4 Å². The van der Waals surface area contributed by atoms with Gasteiger partial charge in [-0.05, 0) is 26.8 Å². The van der Waals surface area contributed by atoms with Crippen LogP contribution in [-0.4, -0.2) is 33.5 Å². The summed E-state index contributed by atoms with van der Waals surface area (Å²) in [7, 11) is 0. The van der Waals surface area contributed by atoms with Crippen molar-refractivity contribution in [3.8, 4) is 0 Å². The average molecular weight is 289 g/mol. The molecular formula is C12H17ClN2O4. The Hall–Kier alpha value is -1.37. The van der Waals surface area contributed by atoms with Crippen LogP contribution in [-0.2, 0) is 4.74 Å². The number of nitrogens with one attached hydrogen (secondary N) is 1. The summed E-state index contributed by atoms with van der Waals surface area (Å²) in [4.78, 5) is 15.4. The number of hydrogen-bond donors (Lipinski definition) is 3. The van der Waals surface area contributed by atoms with Gasteiger partial charge in [-0.15, -0.1) is 0 Å². The molecule has 0 aromatic carbocycles. The van der Waals surface area contributed by atoms with E-state index in [1.807, 2.05) is 0 Å². The zero-order valence-electron chi connectivity index (χ0n) is 11.0. The quantitative estimate of drug-likeness (QED) is 0.792. The van der Waals surface area contributed by atoms with Crippen molar-refractivity contribution in [3.63, 3.8) is 0 Å². The lowest BCUT2D eigenvalue weighted by Crippen LogP contribution is -2.27. The minimum atomic E-state index is -1.15. The van der Waals surface area contributed by atoms with Gasteiger partial charge in [-0.2, -0.15) is 0 Å². The Morgan fingerprint density at radius 1 is 1.58 bits per heavy atom. The molecule has 7 heteroatoms. The highest BCUT2D eigenvalue weighted by molar-refractivity contribution is 6.31. The zero-order valence-corrected chi connectivity index (χ0v) is 11.7. The van der Waals surface area contributed by atoms with Gasteiger partial charge in [0.1, 0.15) is 11.7 Å². The number of aromatic nitrogens is 1. The number of aliphatic hydroxyl groups excluding tert-OH is 2. The van der Waals surface area contributed by atoms with Gasteiger partial charge in [0.2, 0.25) is 0 Å². The molecule has 0 saturated heterocycles. The van der Waals surface area contributed by atoms with Crippen LogP contribution in [0.1, 0.15) is 32.6 Å². The largest absolute Gasteiger partial charge is 0.444 e. The summed E-state index contributed by atoms with van der Waals surface area (Å²) in [5, 5.41) is 20.9. The summed E-state index contributed by atoms with van der Waals surface area (Å²) in [6.45, 7) is 4.76. The molecule has 6 nitrogen and oxygen atoms in total. The van der Waals surface area contributed by atoms with Crippen LogP contribution >= 0.6 is 11.6 Å². The summed E-state index contributed by atoms with van der Waals surface area (Å²) >= 11 is 5.89. The highest BCUT2D eigenvalue weighted by Crippen LogP contribution is 2.23. The van der Waals surface area contributed by atoms with Crippen LogP contribution in [0.25, 0.3) is 0 Å². The second-order valence-corrected chi connectivity index (χ2v) is 5.32. The van der Waals surface area contributed by atoms with Crippen LogP contribution in [0.3, 0.4) is 0 Å². The molecule has 1 aromatic heterocycles. The van der Waals surface area contributed by atoms with Gasteiger partial charge in [-0.25, -0.2) is 4.79 Å². The van der Waals surface area contributed by atoms with Crippen molar-refractivity contribution in [2.24, 2.45) is 0 Å². The molecule has 1 rings (SSSR count).